The summed E-state index contributed by atoms with van der Waals surface area (Å²) >= 11 is 0. The van der Waals surface area contributed by atoms with Crippen LogP contribution in [0.3, 0.4) is 0 Å². The van der Waals surface area contributed by atoms with E-state index in [2.05, 4.69) is 53.0 Å². The van der Waals surface area contributed by atoms with Crippen molar-refractivity contribution in [2.75, 3.05) is 39.9 Å². The van der Waals surface area contributed by atoms with E-state index in [-0.39, 0.29) is 5.91 Å². The number of nitrogens with one attached hydrogen (secondary N) is 2. The summed E-state index contributed by atoms with van der Waals surface area (Å²) in [5.41, 5.74) is 8.60. The van der Waals surface area contributed by atoms with E-state index in [1.165, 1.54) is 23.2 Å². The van der Waals surface area contributed by atoms with Crippen molar-refractivity contribution in [2.24, 2.45) is 11.3 Å². The smallest absolute Gasteiger partial charge is 0.240 e. The van der Waals surface area contributed by atoms with Crippen LogP contribution >= 0.6 is 0 Å². The fraction of sp³-hybridized carbons (Fsp3) is 0.600. The number of nitrogens with zero attached hydrogens (tertiary/aromatic N) is 3. The molecule has 5 rings (SSSR count). The van der Waals surface area contributed by atoms with Gasteiger partial charge in [-0.2, -0.15) is 5.10 Å². The molecule has 0 radical (unpaired) electrons. The predicted molar refractivity (Wildman–Crippen MR) is 125 cm³/mol. The molecule has 2 aliphatic carbocycles. The van der Waals surface area contributed by atoms with Gasteiger partial charge < -0.3 is 14.6 Å². The highest BCUT2D eigenvalue weighted by atomic mass is 16.5. The Bertz CT molecular complexity index is 1040. The van der Waals surface area contributed by atoms with Crippen LogP contribution < -0.4 is 0 Å². The summed E-state index contributed by atoms with van der Waals surface area (Å²) in [6, 6.07) is 2.25. The zero-order valence-electron chi connectivity index (χ0n) is 19.8. The Labute approximate surface area is 190 Å². The third-order valence-corrected chi connectivity index (χ3v) is 7.40. The summed E-state index contributed by atoms with van der Waals surface area (Å²) in [5.74, 6) is 0.433. The van der Waals surface area contributed by atoms with E-state index in [1.54, 1.807) is 0 Å². The highest BCUT2D eigenvalue weighted by Crippen LogP contribution is 2.39. The van der Waals surface area contributed by atoms with Crippen LogP contribution in [0.2, 0.25) is 0 Å². The Kier molecular flexibility index (Phi) is 5.50. The highest BCUT2D eigenvalue weighted by molar-refractivity contribution is 5.81. The van der Waals surface area contributed by atoms with E-state index in [0.29, 0.717) is 31.1 Å². The molecule has 1 unspecified atom stereocenters. The SMILES string of the molecule is CC1Cc2cc(-c3n[nH]c4c3CCC(C)(C)C4)[nH]c2C=C1N(C)C(=O)CN1CCOCC1. The standard InChI is InChI=1S/C25H35N5O2/c1-16-11-17-12-20(24-18-5-6-25(2,3)14-21(18)27-28-24)26-19(17)13-22(16)29(4)23(31)15-30-7-9-32-10-8-30/h12-13,16,26H,5-11,14-15H2,1-4H3,(H,27,28). The predicted octanol–water partition coefficient (Wildman–Crippen LogP) is 3.24. The van der Waals surface area contributed by atoms with Crippen molar-refractivity contribution in [1.82, 2.24) is 25.0 Å². The van der Waals surface area contributed by atoms with E-state index >= 15 is 0 Å². The number of ether oxygens (including phenoxy) is 1. The van der Waals surface area contributed by atoms with Crippen molar-refractivity contribution < 1.29 is 9.53 Å². The number of amides is 1. The number of allylic oxidation sites excluding steroid dienone is 1. The van der Waals surface area contributed by atoms with E-state index < -0.39 is 0 Å². The first-order chi connectivity index (χ1) is 15.3. The number of hydrogen-bond acceptors (Lipinski definition) is 4. The van der Waals surface area contributed by atoms with Crippen molar-refractivity contribution >= 4 is 12.0 Å². The van der Waals surface area contributed by atoms with Crippen LogP contribution in [0.15, 0.2) is 11.8 Å². The van der Waals surface area contributed by atoms with Crippen LogP contribution in [0, 0.1) is 11.3 Å². The van der Waals surface area contributed by atoms with Crippen molar-refractivity contribution in [1.29, 1.82) is 0 Å². The first-order valence-electron chi connectivity index (χ1n) is 11.9. The van der Waals surface area contributed by atoms with E-state index in [1.807, 2.05) is 11.9 Å². The zero-order chi connectivity index (χ0) is 22.5. The molecule has 2 N–H and O–H groups in total. The number of likely N-dealkylation sites (N-methyl/N-ethyl adjacent to an activating group) is 1. The summed E-state index contributed by atoms with van der Waals surface area (Å²) in [6.45, 7) is 10.4. The molecule has 1 fully saturated rings. The van der Waals surface area contributed by atoms with E-state index in [4.69, 9.17) is 4.74 Å². The Morgan fingerprint density at radius 3 is 2.91 bits per heavy atom. The lowest BCUT2D eigenvalue weighted by Crippen LogP contribution is -2.44. The van der Waals surface area contributed by atoms with Gasteiger partial charge in [-0.25, -0.2) is 0 Å². The average molecular weight is 438 g/mol. The molecule has 1 atom stereocenters. The Hall–Kier alpha value is -2.38. The molecule has 1 amide bonds. The van der Waals surface area contributed by atoms with Gasteiger partial charge in [-0.15, -0.1) is 0 Å². The van der Waals surface area contributed by atoms with Crippen LogP contribution in [0.4, 0.5) is 0 Å². The molecule has 3 aliphatic rings. The second-order valence-electron chi connectivity index (χ2n) is 10.5. The minimum atomic E-state index is 0.143. The van der Waals surface area contributed by atoms with Gasteiger partial charge in [-0.3, -0.25) is 14.8 Å². The zero-order valence-corrected chi connectivity index (χ0v) is 19.8. The molecular formula is C25H35N5O2. The van der Waals surface area contributed by atoms with Crippen molar-refractivity contribution in [2.45, 2.75) is 46.5 Å². The van der Waals surface area contributed by atoms with Crippen molar-refractivity contribution in [3.63, 3.8) is 0 Å². The molecule has 1 saturated heterocycles. The van der Waals surface area contributed by atoms with E-state index in [9.17, 15) is 4.79 Å². The van der Waals surface area contributed by atoms with Gasteiger partial charge in [-0.05, 0) is 48.8 Å². The molecule has 7 heteroatoms. The lowest BCUT2D eigenvalue weighted by Gasteiger charge is -2.32. The molecule has 0 saturated carbocycles. The maximum atomic E-state index is 13.0. The number of H-pyrrole nitrogens is 2. The van der Waals surface area contributed by atoms with Crippen LogP contribution in [-0.2, 0) is 28.8 Å². The number of hydrogen-bond donors (Lipinski definition) is 2. The van der Waals surface area contributed by atoms with Gasteiger partial charge in [0.15, 0.2) is 0 Å². The van der Waals surface area contributed by atoms with Crippen molar-refractivity contribution in [3.8, 4) is 11.4 Å². The van der Waals surface area contributed by atoms with Gasteiger partial charge in [0.2, 0.25) is 5.91 Å². The van der Waals surface area contributed by atoms with Crippen LogP contribution in [-0.4, -0.2) is 70.8 Å². The summed E-state index contributed by atoms with van der Waals surface area (Å²) < 4.78 is 5.40. The van der Waals surface area contributed by atoms with Gasteiger partial charge in [0.05, 0.1) is 25.5 Å². The number of aromatic amines is 2. The quantitative estimate of drug-likeness (QED) is 0.770. The fourth-order valence-corrected chi connectivity index (χ4v) is 5.36. The van der Waals surface area contributed by atoms with Crippen LogP contribution in [0.5, 0.6) is 0 Å². The van der Waals surface area contributed by atoms with Gasteiger partial charge in [0.25, 0.3) is 0 Å². The van der Waals surface area contributed by atoms with Crippen LogP contribution in [0.1, 0.15) is 49.7 Å². The van der Waals surface area contributed by atoms with Gasteiger partial charge in [-0.1, -0.05) is 20.8 Å². The molecule has 0 spiro atoms. The molecule has 0 aromatic carbocycles. The monoisotopic (exact) mass is 437 g/mol. The summed E-state index contributed by atoms with van der Waals surface area (Å²) in [7, 11) is 1.91. The summed E-state index contributed by atoms with van der Waals surface area (Å²) in [5, 5.41) is 7.98. The normalized spacial score (nSPS) is 22.8. The second kappa shape index (κ2) is 8.19. The molecule has 0 bridgehead atoms. The molecule has 3 heterocycles. The van der Waals surface area contributed by atoms with Gasteiger partial charge in [0.1, 0.15) is 5.69 Å². The minimum absolute atomic E-state index is 0.143. The highest BCUT2D eigenvalue weighted by Gasteiger charge is 2.31. The first-order valence-corrected chi connectivity index (χ1v) is 11.9. The summed E-state index contributed by atoms with van der Waals surface area (Å²) in [6.07, 6.45) is 6.38. The number of carbonyl (C=O) groups is 1. The molecule has 32 heavy (non-hydrogen) atoms. The maximum Gasteiger partial charge on any atom is 0.240 e. The lowest BCUT2D eigenvalue weighted by atomic mass is 9.76. The topological polar surface area (TPSA) is 77.2 Å². The third-order valence-electron chi connectivity index (χ3n) is 7.40. The largest absolute Gasteiger partial charge is 0.379 e. The second-order valence-corrected chi connectivity index (χ2v) is 10.5. The van der Waals surface area contributed by atoms with Crippen LogP contribution in [0.25, 0.3) is 17.5 Å². The average Bonchev–Trinajstić information content (AvgIpc) is 3.35. The first kappa shape index (κ1) is 21.5. The lowest BCUT2D eigenvalue weighted by molar-refractivity contribution is -0.130. The van der Waals surface area contributed by atoms with Gasteiger partial charge >= 0.3 is 0 Å². The fourth-order valence-electron chi connectivity index (χ4n) is 5.36. The molecule has 2 aromatic heterocycles. The molecule has 7 nitrogen and oxygen atoms in total. The number of rotatable bonds is 4. The number of aromatic nitrogens is 3. The Morgan fingerprint density at radius 1 is 1.34 bits per heavy atom. The molecular weight excluding hydrogens is 402 g/mol. The number of fused-ring (bicyclic) bond motifs is 2. The van der Waals surface area contributed by atoms with Gasteiger partial charge in [0, 0.05) is 48.7 Å². The van der Waals surface area contributed by atoms with E-state index in [0.717, 1.165) is 55.1 Å². The van der Waals surface area contributed by atoms with Crippen molar-refractivity contribution in [3.05, 3.63) is 34.3 Å². The number of morpholine rings is 1. The third kappa shape index (κ3) is 4.04. The molecule has 2 aromatic rings. The molecule has 1 aliphatic heterocycles. The maximum absolute atomic E-state index is 13.0. The Morgan fingerprint density at radius 2 is 2.12 bits per heavy atom. The minimum Gasteiger partial charge on any atom is -0.379 e. The summed E-state index contributed by atoms with van der Waals surface area (Å²) in [4.78, 5) is 20.6. The Balaban J connectivity index is 1.37. The molecule has 172 valence electrons. The number of carbonyl (C=O) groups excluding carboxylic acids is 1.